The van der Waals surface area contributed by atoms with Gasteiger partial charge in [-0.05, 0) is 62.4 Å². The predicted octanol–water partition coefficient (Wildman–Crippen LogP) is 5.92. The molecule has 38 heavy (non-hydrogen) atoms. The zero-order valence-electron chi connectivity index (χ0n) is 20.7. The van der Waals surface area contributed by atoms with E-state index in [4.69, 9.17) is 21.1 Å². The minimum absolute atomic E-state index is 0.0258. The zero-order valence-corrected chi connectivity index (χ0v) is 21.4. The highest BCUT2D eigenvalue weighted by Crippen LogP contribution is 2.41. The van der Waals surface area contributed by atoms with Crippen LogP contribution in [0.5, 0.6) is 11.5 Å². The molecule has 0 radical (unpaired) electrons. The molecule has 1 aromatic heterocycles. The van der Waals surface area contributed by atoms with Crippen LogP contribution in [0.15, 0.2) is 30.3 Å². The molecule has 202 valence electrons. The third-order valence-electron chi connectivity index (χ3n) is 6.50. The Bertz CT molecular complexity index is 1380. The number of aliphatic carboxylic acids is 1. The van der Waals surface area contributed by atoms with Gasteiger partial charge in [0, 0.05) is 34.3 Å². The molecule has 1 fully saturated rings. The van der Waals surface area contributed by atoms with E-state index in [-0.39, 0.29) is 57.8 Å². The summed E-state index contributed by atoms with van der Waals surface area (Å²) in [6.07, 6.45) is 1.79. The van der Waals surface area contributed by atoms with E-state index in [9.17, 15) is 27.9 Å². The Hall–Kier alpha value is -3.53. The fourth-order valence-electron chi connectivity index (χ4n) is 4.24. The molecule has 1 amide bonds. The highest BCUT2D eigenvalue weighted by Gasteiger charge is 2.26. The number of carboxylic acid groups (broad SMARTS) is 1. The van der Waals surface area contributed by atoms with E-state index in [1.807, 2.05) is 0 Å². The lowest BCUT2D eigenvalue weighted by Gasteiger charge is -2.26. The Labute approximate surface area is 221 Å². The molecule has 2 N–H and O–H groups in total. The maximum absolute atomic E-state index is 14.8. The minimum Gasteiger partial charge on any atom is -0.479 e. The number of halogens is 4. The van der Waals surface area contributed by atoms with Gasteiger partial charge in [-0.1, -0.05) is 24.6 Å². The van der Waals surface area contributed by atoms with Crippen molar-refractivity contribution in [2.45, 2.75) is 64.7 Å². The molecule has 4 rings (SSSR count). The molecule has 1 heterocycles. The number of carbonyl (C=O) groups excluding carboxylic acids is 1. The number of rotatable bonds is 10. The number of hydrogen-bond acceptors (Lipinski definition) is 5. The van der Waals surface area contributed by atoms with Gasteiger partial charge in [-0.2, -0.15) is 8.78 Å². The summed E-state index contributed by atoms with van der Waals surface area (Å²) in [6.45, 7) is -0.294. The fourth-order valence-corrected chi connectivity index (χ4v) is 4.48. The second-order valence-electron chi connectivity index (χ2n) is 9.05. The average Bonchev–Trinajstić information content (AvgIpc) is 2.84. The number of fused-ring (bicyclic) bond motifs is 1. The van der Waals surface area contributed by atoms with Crippen LogP contribution >= 0.6 is 11.6 Å². The third-order valence-corrected chi connectivity index (χ3v) is 6.85. The van der Waals surface area contributed by atoms with Gasteiger partial charge in [-0.3, -0.25) is 4.79 Å². The second kappa shape index (κ2) is 11.5. The summed E-state index contributed by atoms with van der Waals surface area (Å²) in [5.74, 6) is -2.91. The molecular formula is C27H26ClF3N2O5. The number of carbonyl (C=O) groups is 2. The van der Waals surface area contributed by atoms with Crippen LogP contribution in [0.2, 0.25) is 5.02 Å². The molecule has 1 aliphatic carbocycles. The minimum atomic E-state index is -3.27. The molecule has 0 aliphatic heterocycles. The molecule has 1 saturated carbocycles. The normalized spacial score (nSPS) is 14.3. The van der Waals surface area contributed by atoms with Gasteiger partial charge in [-0.25, -0.2) is 14.2 Å². The monoisotopic (exact) mass is 550 g/mol. The van der Waals surface area contributed by atoms with Crippen molar-refractivity contribution in [3.63, 3.8) is 0 Å². The van der Waals surface area contributed by atoms with Crippen LogP contribution in [0, 0.1) is 5.82 Å². The van der Waals surface area contributed by atoms with Crippen molar-refractivity contribution in [2.75, 3.05) is 0 Å². The van der Waals surface area contributed by atoms with Gasteiger partial charge in [0.1, 0.15) is 22.8 Å². The standard InChI is InChI=1S/C27H26ClF3N2O5/c1-3-20-17(11-14-7-8-15(12-18(14)28)25(34)32-16-5-4-6-16)24(38-27(30)31)22-21(37-13(2)26(35)36)10-9-19(29)23(22)33-20/h7-10,12-13,16,27H,3-6,11H2,1-2H3,(H,32,34)(H,35,36). The highest BCUT2D eigenvalue weighted by molar-refractivity contribution is 6.31. The lowest BCUT2D eigenvalue weighted by Crippen LogP contribution is -2.39. The SMILES string of the molecule is CCc1nc2c(F)ccc(OC(C)C(=O)O)c2c(OC(F)F)c1Cc1ccc(C(=O)NC2CCC2)cc1Cl. The summed E-state index contributed by atoms with van der Waals surface area (Å²) >= 11 is 6.50. The third kappa shape index (κ3) is 5.80. The van der Waals surface area contributed by atoms with E-state index in [0.29, 0.717) is 16.8 Å². The number of hydrogen-bond donors (Lipinski definition) is 2. The first kappa shape index (κ1) is 27.5. The number of nitrogens with zero attached hydrogens (tertiary/aromatic N) is 1. The van der Waals surface area contributed by atoms with Crippen molar-refractivity contribution in [1.29, 1.82) is 0 Å². The van der Waals surface area contributed by atoms with Crippen molar-refractivity contribution < 1.29 is 37.3 Å². The number of ether oxygens (including phenoxy) is 2. The maximum atomic E-state index is 14.8. The quantitative estimate of drug-likeness (QED) is 0.325. The van der Waals surface area contributed by atoms with Crippen LogP contribution in [0.4, 0.5) is 13.2 Å². The lowest BCUT2D eigenvalue weighted by atomic mass is 9.93. The summed E-state index contributed by atoms with van der Waals surface area (Å²) in [7, 11) is 0. The van der Waals surface area contributed by atoms with Gasteiger partial charge in [0.25, 0.3) is 5.91 Å². The van der Waals surface area contributed by atoms with Crippen molar-refractivity contribution in [1.82, 2.24) is 10.3 Å². The van der Waals surface area contributed by atoms with E-state index >= 15 is 0 Å². The molecule has 1 unspecified atom stereocenters. The number of amides is 1. The maximum Gasteiger partial charge on any atom is 0.387 e. The first-order valence-corrected chi connectivity index (χ1v) is 12.5. The molecule has 0 saturated heterocycles. The van der Waals surface area contributed by atoms with E-state index < -0.39 is 24.5 Å². The molecule has 0 spiro atoms. The Morgan fingerprint density at radius 2 is 1.95 bits per heavy atom. The molecule has 11 heteroatoms. The lowest BCUT2D eigenvalue weighted by molar-refractivity contribution is -0.144. The topological polar surface area (TPSA) is 97.8 Å². The van der Waals surface area contributed by atoms with E-state index in [1.54, 1.807) is 19.1 Å². The number of pyridine rings is 1. The first-order chi connectivity index (χ1) is 18.1. The van der Waals surface area contributed by atoms with E-state index in [1.165, 1.54) is 13.0 Å². The van der Waals surface area contributed by atoms with Crippen LogP contribution < -0.4 is 14.8 Å². The molecule has 3 aromatic rings. The van der Waals surface area contributed by atoms with Gasteiger partial charge in [0.05, 0.1) is 5.39 Å². The van der Waals surface area contributed by atoms with Crippen molar-refractivity contribution in [3.05, 3.63) is 63.6 Å². The Balaban J connectivity index is 1.81. The molecule has 1 atom stereocenters. The Kier molecular flexibility index (Phi) is 8.30. The summed E-state index contributed by atoms with van der Waals surface area (Å²) in [6, 6.07) is 7.02. The van der Waals surface area contributed by atoms with Crippen LogP contribution in [-0.2, 0) is 17.6 Å². The van der Waals surface area contributed by atoms with Crippen LogP contribution in [0.1, 0.15) is 60.3 Å². The van der Waals surface area contributed by atoms with Gasteiger partial charge >= 0.3 is 12.6 Å². The summed E-state index contributed by atoms with van der Waals surface area (Å²) in [5.41, 5.74) is 1.08. The number of benzene rings is 2. The molecule has 0 bridgehead atoms. The van der Waals surface area contributed by atoms with Gasteiger partial charge in [-0.15, -0.1) is 0 Å². The van der Waals surface area contributed by atoms with Crippen molar-refractivity contribution in [3.8, 4) is 11.5 Å². The number of alkyl halides is 2. The molecule has 2 aromatic carbocycles. The molecule has 1 aliphatic rings. The smallest absolute Gasteiger partial charge is 0.387 e. The first-order valence-electron chi connectivity index (χ1n) is 12.2. The largest absolute Gasteiger partial charge is 0.479 e. The van der Waals surface area contributed by atoms with E-state index in [2.05, 4.69) is 10.3 Å². The van der Waals surface area contributed by atoms with Gasteiger partial charge in [0.2, 0.25) is 0 Å². The van der Waals surface area contributed by atoms with Crippen LogP contribution in [-0.4, -0.2) is 40.7 Å². The van der Waals surface area contributed by atoms with Gasteiger partial charge < -0.3 is 19.9 Å². The summed E-state index contributed by atoms with van der Waals surface area (Å²) in [4.78, 5) is 28.2. The van der Waals surface area contributed by atoms with Crippen molar-refractivity contribution in [2.24, 2.45) is 0 Å². The van der Waals surface area contributed by atoms with Crippen molar-refractivity contribution >= 4 is 34.4 Å². The number of carboxylic acids is 1. The average molecular weight is 551 g/mol. The Morgan fingerprint density at radius 1 is 1.21 bits per heavy atom. The molecular weight excluding hydrogens is 525 g/mol. The zero-order chi connectivity index (χ0) is 27.6. The number of aryl methyl sites for hydroxylation is 1. The second-order valence-corrected chi connectivity index (χ2v) is 9.46. The fraction of sp³-hybridized carbons (Fsp3) is 0.370. The highest BCUT2D eigenvalue weighted by atomic mass is 35.5. The van der Waals surface area contributed by atoms with E-state index in [0.717, 1.165) is 31.4 Å². The van der Waals surface area contributed by atoms with Gasteiger partial charge in [0.15, 0.2) is 6.10 Å². The Morgan fingerprint density at radius 3 is 2.53 bits per heavy atom. The van der Waals surface area contributed by atoms with Crippen LogP contribution in [0.3, 0.4) is 0 Å². The summed E-state index contributed by atoms with van der Waals surface area (Å²) < 4.78 is 52.5. The number of nitrogens with one attached hydrogen (secondary N) is 1. The molecule has 7 nitrogen and oxygen atoms in total. The predicted molar refractivity (Wildman–Crippen MR) is 135 cm³/mol. The summed E-state index contributed by atoms with van der Waals surface area (Å²) in [5, 5.41) is 12.2. The van der Waals surface area contributed by atoms with Crippen LogP contribution in [0.25, 0.3) is 10.9 Å². The number of aromatic nitrogens is 1.